The number of carbonyl (C=O) groups is 3. The Morgan fingerprint density at radius 3 is 2.45 bits per heavy atom. The largest absolute Gasteiger partial charge is 0.483 e. The second-order valence-corrected chi connectivity index (χ2v) is 8.66. The van der Waals surface area contributed by atoms with Crippen molar-refractivity contribution in [1.29, 1.82) is 0 Å². The van der Waals surface area contributed by atoms with E-state index < -0.39 is 11.1 Å². The molecule has 0 spiro atoms. The fourth-order valence-electron chi connectivity index (χ4n) is 3.13. The summed E-state index contributed by atoms with van der Waals surface area (Å²) in [5.41, 5.74) is 2.81. The molecule has 1 fully saturated rings. The topological polar surface area (TPSA) is 75.7 Å². The molecular weight excluding hydrogens is 460 g/mol. The zero-order valence-electron chi connectivity index (χ0n) is 17.6. The van der Waals surface area contributed by atoms with Crippen molar-refractivity contribution in [3.8, 4) is 5.75 Å². The minimum Gasteiger partial charge on any atom is -0.483 e. The van der Waals surface area contributed by atoms with Crippen LogP contribution in [0.15, 0.2) is 77.7 Å². The van der Waals surface area contributed by atoms with Gasteiger partial charge in [-0.3, -0.25) is 14.4 Å². The Morgan fingerprint density at radius 2 is 1.73 bits per heavy atom. The van der Waals surface area contributed by atoms with Crippen molar-refractivity contribution in [3.63, 3.8) is 0 Å². The maximum atomic E-state index is 12.9. The van der Waals surface area contributed by atoms with Crippen LogP contribution in [0.5, 0.6) is 5.75 Å². The van der Waals surface area contributed by atoms with Crippen molar-refractivity contribution in [3.05, 3.63) is 93.9 Å². The maximum absolute atomic E-state index is 12.9. The van der Waals surface area contributed by atoms with Gasteiger partial charge < -0.3 is 10.1 Å². The summed E-state index contributed by atoms with van der Waals surface area (Å²) in [5, 5.41) is 2.89. The van der Waals surface area contributed by atoms with Gasteiger partial charge in [0.05, 0.1) is 10.6 Å². The second kappa shape index (κ2) is 9.94. The number of aryl methyl sites for hydroxylation is 1. The molecule has 0 aromatic heterocycles. The number of anilines is 2. The van der Waals surface area contributed by atoms with E-state index in [0.29, 0.717) is 27.7 Å². The number of benzene rings is 3. The number of carbonyl (C=O) groups excluding carboxylic acids is 3. The van der Waals surface area contributed by atoms with Crippen LogP contribution in [0, 0.1) is 6.92 Å². The summed E-state index contributed by atoms with van der Waals surface area (Å²) in [5.74, 6) is -0.314. The molecule has 0 radical (unpaired) electrons. The molecule has 4 rings (SSSR count). The van der Waals surface area contributed by atoms with Gasteiger partial charge in [-0.25, -0.2) is 4.90 Å². The molecule has 1 aliphatic rings. The number of nitrogens with zero attached hydrogens (tertiary/aromatic N) is 1. The van der Waals surface area contributed by atoms with Crippen LogP contribution in [0.2, 0.25) is 5.02 Å². The van der Waals surface area contributed by atoms with Crippen molar-refractivity contribution < 1.29 is 19.1 Å². The van der Waals surface area contributed by atoms with E-state index in [4.69, 9.17) is 16.3 Å². The molecule has 3 amide bonds. The number of para-hydroxylation sites is 1. The number of thioether (sulfide) groups is 1. The first kappa shape index (κ1) is 22.6. The Balaban J connectivity index is 1.47. The second-order valence-electron chi connectivity index (χ2n) is 7.23. The molecule has 1 saturated heterocycles. The number of hydrogen-bond acceptors (Lipinski definition) is 5. The Kier molecular flexibility index (Phi) is 6.82. The van der Waals surface area contributed by atoms with Gasteiger partial charge in [0.2, 0.25) is 0 Å². The molecule has 1 heterocycles. The van der Waals surface area contributed by atoms with Crippen LogP contribution in [0.25, 0.3) is 6.08 Å². The number of rotatable bonds is 6. The highest BCUT2D eigenvalue weighted by Gasteiger charge is 2.36. The first-order chi connectivity index (χ1) is 15.9. The van der Waals surface area contributed by atoms with Gasteiger partial charge >= 0.3 is 0 Å². The number of imide groups is 1. The first-order valence-electron chi connectivity index (χ1n) is 10.0. The van der Waals surface area contributed by atoms with Gasteiger partial charge in [0.15, 0.2) is 6.61 Å². The van der Waals surface area contributed by atoms with Gasteiger partial charge in [0, 0.05) is 16.3 Å². The number of hydrogen-bond donors (Lipinski definition) is 1. The van der Waals surface area contributed by atoms with Crippen molar-refractivity contribution in [2.24, 2.45) is 0 Å². The van der Waals surface area contributed by atoms with Crippen LogP contribution in [0.4, 0.5) is 16.2 Å². The number of ether oxygens (including phenoxy) is 1. The third kappa shape index (κ3) is 5.45. The summed E-state index contributed by atoms with van der Waals surface area (Å²) >= 11 is 6.74. The molecule has 3 aromatic rings. The van der Waals surface area contributed by atoms with Crippen LogP contribution >= 0.6 is 23.4 Å². The van der Waals surface area contributed by atoms with E-state index >= 15 is 0 Å². The van der Waals surface area contributed by atoms with Crippen LogP contribution in [-0.2, 0) is 9.59 Å². The van der Waals surface area contributed by atoms with E-state index in [9.17, 15) is 14.4 Å². The van der Waals surface area contributed by atoms with Crippen molar-refractivity contribution in [2.75, 3.05) is 16.8 Å². The average Bonchev–Trinajstić information content (AvgIpc) is 3.08. The maximum Gasteiger partial charge on any atom is 0.298 e. The van der Waals surface area contributed by atoms with Crippen LogP contribution in [0.1, 0.15) is 11.1 Å². The summed E-state index contributed by atoms with van der Waals surface area (Å²) in [6, 6.07) is 20.9. The highest BCUT2D eigenvalue weighted by Crippen LogP contribution is 2.37. The van der Waals surface area contributed by atoms with Gasteiger partial charge in [-0.1, -0.05) is 47.5 Å². The van der Waals surface area contributed by atoms with E-state index in [1.807, 2.05) is 31.2 Å². The van der Waals surface area contributed by atoms with Crippen molar-refractivity contribution in [2.45, 2.75) is 6.92 Å². The minimum atomic E-state index is -0.431. The Hall–Kier alpha value is -3.55. The zero-order chi connectivity index (χ0) is 23.4. The number of nitrogens with one attached hydrogen (secondary N) is 1. The standard InChI is InChI=1S/C25H19ClN2O4S/c1-16-6-10-19(11-7-16)27-23(29)15-32-21-5-3-2-4-17(21)14-22-24(30)28(25(31)33-22)20-12-8-18(26)9-13-20/h2-14H,15H2,1H3,(H,27,29)/b22-14+. The lowest BCUT2D eigenvalue weighted by Gasteiger charge is -2.12. The smallest absolute Gasteiger partial charge is 0.298 e. The Labute approximate surface area is 200 Å². The van der Waals surface area contributed by atoms with Crippen molar-refractivity contribution in [1.82, 2.24) is 0 Å². The summed E-state index contributed by atoms with van der Waals surface area (Å²) in [7, 11) is 0. The van der Waals surface area contributed by atoms with Crippen LogP contribution < -0.4 is 15.0 Å². The monoisotopic (exact) mass is 478 g/mol. The molecule has 166 valence electrons. The highest BCUT2D eigenvalue weighted by molar-refractivity contribution is 8.19. The van der Waals surface area contributed by atoms with E-state index in [1.54, 1.807) is 54.6 Å². The fraction of sp³-hybridized carbons (Fsp3) is 0.0800. The summed E-state index contributed by atoms with van der Waals surface area (Å²) in [4.78, 5) is 39.0. The number of amides is 3. The normalized spacial score (nSPS) is 14.6. The molecule has 6 nitrogen and oxygen atoms in total. The molecular formula is C25H19ClN2O4S. The number of halogens is 1. The predicted octanol–water partition coefficient (Wildman–Crippen LogP) is 5.91. The molecule has 33 heavy (non-hydrogen) atoms. The van der Waals surface area contributed by atoms with Gasteiger partial charge in [-0.15, -0.1) is 0 Å². The van der Waals surface area contributed by atoms with E-state index in [1.165, 1.54) is 0 Å². The zero-order valence-corrected chi connectivity index (χ0v) is 19.2. The molecule has 0 bridgehead atoms. The molecule has 8 heteroatoms. The van der Waals surface area contributed by atoms with E-state index in [-0.39, 0.29) is 17.4 Å². The minimum absolute atomic E-state index is 0.203. The first-order valence-corrected chi connectivity index (χ1v) is 11.2. The average molecular weight is 479 g/mol. The lowest BCUT2D eigenvalue weighted by Crippen LogP contribution is -2.27. The quantitative estimate of drug-likeness (QED) is 0.446. The summed E-state index contributed by atoms with van der Waals surface area (Å²) in [6.07, 6.45) is 1.59. The van der Waals surface area contributed by atoms with Gasteiger partial charge in [-0.2, -0.15) is 0 Å². The van der Waals surface area contributed by atoms with Crippen LogP contribution in [0.3, 0.4) is 0 Å². The van der Waals surface area contributed by atoms with Crippen molar-refractivity contribution >= 4 is 57.9 Å². The molecule has 1 aliphatic heterocycles. The molecule has 0 atom stereocenters. The van der Waals surface area contributed by atoms with Gasteiger partial charge in [0.1, 0.15) is 5.75 Å². The van der Waals surface area contributed by atoms with Gasteiger partial charge in [0.25, 0.3) is 17.1 Å². The predicted molar refractivity (Wildman–Crippen MR) is 132 cm³/mol. The Morgan fingerprint density at radius 1 is 1.03 bits per heavy atom. The molecule has 0 unspecified atom stereocenters. The third-order valence-corrected chi connectivity index (χ3v) is 5.90. The summed E-state index contributed by atoms with van der Waals surface area (Å²) < 4.78 is 5.70. The third-order valence-electron chi connectivity index (χ3n) is 4.78. The molecule has 0 saturated carbocycles. The van der Waals surface area contributed by atoms with Crippen LogP contribution in [-0.4, -0.2) is 23.7 Å². The molecule has 3 aromatic carbocycles. The SMILES string of the molecule is Cc1ccc(NC(=O)COc2ccccc2/C=C2/SC(=O)N(c3ccc(Cl)cc3)C2=O)cc1. The Bertz CT molecular complexity index is 1240. The van der Waals surface area contributed by atoms with E-state index in [2.05, 4.69) is 5.32 Å². The lowest BCUT2D eigenvalue weighted by atomic mass is 10.2. The molecule has 1 N–H and O–H groups in total. The lowest BCUT2D eigenvalue weighted by molar-refractivity contribution is -0.118. The fourth-order valence-corrected chi connectivity index (χ4v) is 4.09. The highest BCUT2D eigenvalue weighted by atomic mass is 35.5. The summed E-state index contributed by atoms with van der Waals surface area (Å²) in [6.45, 7) is 1.76. The van der Waals surface area contributed by atoms with Gasteiger partial charge in [-0.05, 0) is 67.2 Å². The van der Waals surface area contributed by atoms with E-state index in [0.717, 1.165) is 22.2 Å². The molecule has 0 aliphatic carbocycles.